The SMILES string of the molecule is CNC(=O)Nc1ccc(Cl)cc1C1(O)CCN(C)CC1. The maximum atomic E-state index is 11.5. The Morgan fingerprint density at radius 3 is 2.65 bits per heavy atom. The lowest BCUT2D eigenvalue weighted by Crippen LogP contribution is -2.41. The van der Waals surface area contributed by atoms with Crippen LogP contribution in [0.1, 0.15) is 18.4 Å². The van der Waals surface area contributed by atoms with Gasteiger partial charge in [0.15, 0.2) is 0 Å². The Morgan fingerprint density at radius 1 is 1.40 bits per heavy atom. The maximum Gasteiger partial charge on any atom is 0.318 e. The largest absolute Gasteiger partial charge is 0.385 e. The number of nitrogens with zero attached hydrogens (tertiary/aromatic N) is 1. The number of rotatable bonds is 2. The van der Waals surface area contributed by atoms with Gasteiger partial charge >= 0.3 is 6.03 Å². The van der Waals surface area contributed by atoms with E-state index in [-0.39, 0.29) is 6.03 Å². The number of hydrogen-bond donors (Lipinski definition) is 3. The summed E-state index contributed by atoms with van der Waals surface area (Å²) in [7, 11) is 3.58. The molecule has 0 aliphatic carbocycles. The molecule has 5 nitrogen and oxygen atoms in total. The first-order valence-corrected chi connectivity index (χ1v) is 7.02. The molecule has 0 spiro atoms. The normalized spacial score (nSPS) is 18.6. The van der Waals surface area contributed by atoms with Gasteiger partial charge in [-0.25, -0.2) is 4.79 Å². The number of halogens is 1. The summed E-state index contributed by atoms with van der Waals surface area (Å²) in [5, 5.41) is 16.7. The van der Waals surface area contributed by atoms with E-state index in [2.05, 4.69) is 15.5 Å². The molecule has 3 N–H and O–H groups in total. The van der Waals surface area contributed by atoms with Crippen LogP contribution in [-0.2, 0) is 5.60 Å². The van der Waals surface area contributed by atoms with E-state index in [4.69, 9.17) is 11.6 Å². The molecular formula is C14H20ClN3O2. The number of carbonyl (C=O) groups excluding carboxylic acids is 1. The van der Waals surface area contributed by atoms with E-state index in [1.807, 2.05) is 7.05 Å². The molecule has 0 unspecified atom stereocenters. The molecule has 1 heterocycles. The van der Waals surface area contributed by atoms with E-state index in [9.17, 15) is 9.90 Å². The van der Waals surface area contributed by atoms with Gasteiger partial charge in [-0.05, 0) is 38.1 Å². The number of nitrogens with one attached hydrogen (secondary N) is 2. The maximum absolute atomic E-state index is 11.5. The predicted molar refractivity (Wildman–Crippen MR) is 80.2 cm³/mol. The van der Waals surface area contributed by atoms with Gasteiger partial charge in [-0.1, -0.05) is 11.6 Å². The van der Waals surface area contributed by atoms with Gasteiger partial charge < -0.3 is 20.6 Å². The van der Waals surface area contributed by atoms with Gasteiger partial charge in [-0.15, -0.1) is 0 Å². The Morgan fingerprint density at radius 2 is 2.05 bits per heavy atom. The van der Waals surface area contributed by atoms with Crippen LogP contribution >= 0.6 is 11.6 Å². The van der Waals surface area contributed by atoms with E-state index in [0.717, 1.165) is 13.1 Å². The zero-order valence-electron chi connectivity index (χ0n) is 11.7. The third kappa shape index (κ3) is 3.23. The molecule has 2 amide bonds. The smallest absolute Gasteiger partial charge is 0.318 e. The second-order valence-corrected chi connectivity index (χ2v) is 5.67. The van der Waals surface area contributed by atoms with Gasteiger partial charge in [-0.3, -0.25) is 0 Å². The highest BCUT2D eigenvalue weighted by molar-refractivity contribution is 6.30. The van der Waals surface area contributed by atoms with Crippen molar-refractivity contribution in [2.45, 2.75) is 18.4 Å². The highest BCUT2D eigenvalue weighted by Crippen LogP contribution is 2.38. The second-order valence-electron chi connectivity index (χ2n) is 5.23. The highest BCUT2D eigenvalue weighted by atomic mass is 35.5. The number of urea groups is 1. The van der Waals surface area contributed by atoms with Crippen LogP contribution in [0.15, 0.2) is 18.2 Å². The lowest BCUT2D eigenvalue weighted by Gasteiger charge is -2.38. The van der Waals surface area contributed by atoms with Crippen LogP contribution < -0.4 is 10.6 Å². The molecule has 1 fully saturated rings. The topological polar surface area (TPSA) is 64.6 Å². The van der Waals surface area contributed by atoms with Gasteiger partial charge in [0.2, 0.25) is 0 Å². The van der Waals surface area contributed by atoms with Crippen LogP contribution in [-0.4, -0.2) is 43.2 Å². The number of anilines is 1. The second kappa shape index (κ2) is 5.99. The zero-order valence-corrected chi connectivity index (χ0v) is 12.5. The zero-order chi connectivity index (χ0) is 14.8. The van der Waals surface area contributed by atoms with E-state index in [1.54, 1.807) is 25.2 Å². The van der Waals surface area contributed by atoms with Gasteiger partial charge in [0.25, 0.3) is 0 Å². The van der Waals surface area contributed by atoms with E-state index >= 15 is 0 Å². The summed E-state index contributed by atoms with van der Waals surface area (Å²) in [5.74, 6) is 0. The van der Waals surface area contributed by atoms with Crippen LogP contribution in [0.2, 0.25) is 5.02 Å². The summed E-state index contributed by atoms with van der Waals surface area (Å²) < 4.78 is 0. The van der Waals surface area contributed by atoms with Gasteiger partial charge in [0.1, 0.15) is 0 Å². The Balaban J connectivity index is 2.33. The molecule has 20 heavy (non-hydrogen) atoms. The Bertz CT molecular complexity index is 499. The first kappa shape index (κ1) is 15.1. The fourth-order valence-corrected chi connectivity index (χ4v) is 2.63. The van der Waals surface area contributed by atoms with Crippen LogP contribution in [0.25, 0.3) is 0 Å². The minimum atomic E-state index is -0.951. The van der Waals surface area contributed by atoms with Crippen LogP contribution in [0.4, 0.5) is 10.5 Å². The summed E-state index contributed by atoms with van der Waals surface area (Å²) in [4.78, 5) is 13.7. The average Bonchev–Trinajstić information content (AvgIpc) is 2.44. The Labute approximate surface area is 123 Å². The number of benzene rings is 1. The van der Waals surface area contributed by atoms with Crippen molar-refractivity contribution in [2.24, 2.45) is 0 Å². The first-order chi connectivity index (χ1) is 9.44. The quantitative estimate of drug-likeness (QED) is 0.782. The number of likely N-dealkylation sites (tertiary alicyclic amines) is 1. The Hall–Kier alpha value is -1.30. The fraction of sp³-hybridized carbons (Fsp3) is 0.500. The Kier molecular flexibility index (Phi) is 4.52. The number of aliphatic hydroxyl groups is 1. The number of hydrogen-bond acceptors (Lipinski definition) is 3. The third-order valence-electron chi connectivity index (χ3n) is 3.77. The van der Waals surface area contributed by atoms with E-state index < -0.39 is 5.60 Å². The van der Waals surface area contributed by atoms with Gasteiger partial charge in [-0.2, -0.15) is 0 Å². The molecule has 0 aromatic heterocycles. The van der Waals surface area contributed by atoms with E-state index in [0.29, 0.717) is 29.1 Å². The number of carbonyl (C=O) groups is 1. The van der Waals surface area contributed by atoms with Crippen molar-refractivity contribution < 1.29 is 9.90 Å². The molecule has 0 radical (unpaired) electrons. The summed E-state index contributed by atoms with van der Waals surface area (Å²) in [6.07, 6.45) is 1.23. The number of amides is 2. The summed E-state index contributed by atoms with van der Waals surface area (Å²) in [6, 6.07) is 4.85. The minimum Gasteiger partial charge on any atom is -0.385 e. The molecule has 0 saturated carbocycles. The van der Waals surface area contributed by atoms with E-state index in [1.165, 1.54) is 0 Å². The fourth-order valence-electron chi connectivity index (χ4n) is 2.45. The molecule has 1 saturated heterocycles. The highest BCUT2D eigenvalue weighted by Gasteiger charge is 2.35. The van der Waals surface area contributed by atoms with Crippen molar-refractivity contribution in [3.63, 3.8) is 0 Å². The molecule has 1 aliphatic heterocycles. The first-order valence-electron chi connectivity index (χ1n) is 6.64. The molecule has 6 heteroatoms. The molecule has 0 atom stereocenters. The van der Waals surface area contributed by atoms with Crippen molar-refractivity contribution >= 4 is 23.3 Å². The van der Waals surface area contributed by atoms with Crippen molar-refractivity contribution in [3.05, 3.63) is 28.8 Å². The third-order valence-corrected chi connectivity index (χ3v) is 4.01. The van der Waals surface area contributed by atoms with Crippen LogP contribution in [0.3, 0.4) is 0 Å². The summed E-state index contributed by atoms with van der Waals surface area (Å²) in [6.45, 7) is 1.62. The summed E-state index contributed by atoms with van der Waals surface area (Å²) in [5.41, 5.74) is 0.329. The molecule has 0 bridgehead atoms. The molecule has 2 rings (SSSR count). The van der Waals surface area contributed by atoms with Crippen molar-refractivity contribution in [3.8, 4) is 0 Å². The molecule has 1 aliphatic rings. The molecular weight excluding hydrogens is 278 g/mol. The monoisotopic (exact) mass is 297 g/mol. The van der Waals surface area contributed by atoms with Gasteiger partial charge in [0, 0.05) is 36.4 Å². The van der Waals surface area contributed by atoms with Gasteiger partial charge in [0.05, 0.1) is 5.60 Å². The molecule has 1 aromatic rings. The minimum absolute atomic E-state index is 0.315. The number of piperidine rings is 1. The van der Waals surface area contributed by atoms with Crippen molar-refractivity contribution in [1.82, 2.24) is 10.2 Å². The standard InChI is InChI=1S/C14H20ClN3O2/c1-16-13(19)17-12-4-3-10(15)9-11(12)14(20)5-7-18(2)8-6-14/h3-4,9,20H,5-8H2,1-2H3,(H2,16,17,19). The van der Waals surface area contributed by atoms with Crippen LogP contribution in [0.5, 0.6) is 0 Å². The summed E-state index contributed by atoms with van der Waals surface area (Å²) >= 11 is 6.05. The van der Waals surface area contributed by atoms with Crippen LogP contribution in [0, 0.1) is 0 Å². The molecule has 110 valence electrons. The van der Waals surface area contributed by atoms with Crippen molar-refractivity contribution in [1.29, 1.82) is 0 Å². The average molecular weight is 298 g/mol. The van der Waals surface area contributed by atoms with Crippen molar-refractivity contribution in [2.75, 3.05) is 32.5 Å². The molecule has 1 aromatic carbocycles. The lowest BCUT2D eigenvalue weighted by atomic mass is 9.83. The predicted octanol–water partition coefficient (Wildman–Crippen LogP) is 2.00. The lowest BCUT2D eigenvalue weighted by molar-refractivity contribution is -0.0196.